The molecule has 0 fully saturated rings. The van der Waals surface area contributed by atoms with Crippen LogP contribution in [0.15, 0.2) is 25.3 Å². The Morgan fingerprint density at radius 3 is 1.90 bits per heavy atom. The molecule has 10 heteroatoms. The van der Waals surface area contributed by atoms with Crippen LogP contribution in [0, 0.1) is 5.41 Å². The van der Waals surface area contributed by atoms with Gasteiger partial charge in [-0.1, -0.05) is 32.9 Å². The molecule has 0 rings (SSSR count). The molecule has 1 N–H and O–H groups in total. The molecule has 9 nitrogen and oxygen atoms in total. The second-order valence-corrected chi connectivity index (χ2v) is 8.06. The zero-order valence-corrected chi connectivity index (χ0v) is 17.9. The second-order valence-electron chi connectivity index (χ2n) is 6.49. The Hall–Kier alpha value is -2.20. The Morgan fingerprint density at radius 2 is 1.52 bits per heavy atom. The van der Waals surface area contributed by atoms with Crippen molar-refractivity contribution in [1.29, 1.82) is 0 Å². The third-order valence-corrected chi connectivity index (χ3v) is 5.28. The topological polar surface area (TPSA) is 133 Å². The number of carbonyl (C=O) groups is 3. The van der Waals surface area contributed by atoms with Crippen LogP contribution in [0.1, 0.15) is 46.5 Å². The van der Waals surface area contributed by atoms with Crippen LogP contribution in [-0.4, -0.2) is 55.4 Å². The monoisotopic (exact) mass is 434 g/mol. The molecule has 0 bridgehead atoms. The second kappa shape index (κ2) is 12.4. The largest absolute Gasteiger partial charge is 0.465 e. The van der Waals surface area contributed by atoms with Gasteiger partial charge in [0.1, 0.15) is 17.6 Å². The first-order valence-electron chi connectivity index (χ1n) is 9.23. The fraction of sp³-hybridized carbons (Fsp3) is 0.632. The maximum absolute atomic E-state index is 13.0. The van der Waals surface area contributed by atoms with Crippen LogP contribution in [0.2, 0.25) is 0 Å². The third kappa shape index (κ3) is 8.78. The quantitative estimate of drug-likeness (QED) is 0.144. The molecule has 0 saturated carbocycles. The third-order valence-electron chi connectivity index (χ3n) is 4.47. The smallest absolute Gasteiger partial charge is 0.330 e. The van der Waals surface area contributed by atoms with Crippen LogP contribution >= 0.6 is 0 Å². The van der Waals surface area contributed by atoms with Crippen LogP contribution in [0.4, 0.5) is 0 Å². The van der Waals surface area contributed by atoms with Crippen molar-refractivity contribution in [3.63, 3.8) is 0 Å². The summed E-state index contributed by atoms with van der Waals surface area (Å²) in [6.07, 6.45) is 1.09. The lowest BCUT2D eigenvalue weighted by atomic mass is 9.73. The van der Waals surface area contributed by atoms with E-state index in [4.69, 9.17) is 18.8 Å². The van der Waals surface area contributed by atoms with Gasteiger partial charge in [-0.3, -0.25) is 9.35 Å². The van der Waals surface area contributed by atoms with Crippen LogP contribution in [0.5, 0.6) is 0 Å². The van der Waals surface area contributed by atoms with Crippen LogP contribution < -0.4 is 0 Å². The summed E-state index contributed by atoms with van der Waals surface area (Å²) in [5, 5.41) is 0. The number of rotatable bonds is 14. The van der Waals surface area contributed by atoms with Crippen molar-refractivity contribution >= 4 is 28.0 Å². The number of ether oxygens (including phenoxy) is 3. The standard InChI is InChI=1S/C19H30O9S/c1-6-9-11-19(14(4)27-16(20)7-2,15(5)28-17(21)8-3)18(22)26-12-10-13-29(23,24)25/h7-8,14-15H,2-3,6,9-13H2,1,4-5H3,(H,23,24,25). The van der Waals surface area contributed by atoms with Gasteiger partial charge in [0, 0.05) is 12.2 Å². The molecule has 0 aliphatic rings. The zero-order chi connectivity index (χ0) is 22.7. The summed E-state index contributed by atoms with van der Waals surface area (Å²) in [4.78, 5) is 36.5. The van der Waals surface area contributed by atoms with Gasteiger partial charge in [0.25, 0.3) is 10.1 Å². The highest BCUT2D eigenvalue weighted by Crippen LogP contribution is 2.38. The van der Waals surface area contributed by atoms with Crippen molar-refractivity contribution in [3.8, 4) is 0 Å². The highest BCUT2D eigenvalue weighted by atomic mass is 32.2. The van der Waals surface area contributed by atoms with E-state index in [2.05, 4.69) is 13.2 Å². The molecule has 0 aromatic rings. The van der Waals surface area contributed by atoms with Crippen LogP contribution in [-0.2, 0) is 38.7 Å². The molecule has 166 valence electrons. The molecular weight excluding hydrogens is 404 g/mol. The molecule has 2 unspecified atom stereocenters. The zero-order valence-electron chi connectivity index (χ0n) is 17.1. The van der Waals surface area contributed by atoms with Crippen LogP contribution in [0.25, 0.3) is 0 Å². The van der Waals surface area contributed by atoms with Crippen molar-refractivity contribution < 1.29 is 41.6 Å². The number of hydrogen-bond acceptors (Lipinski definition) is 8. The Morgan fingerprint density at radius 1 is 1.03 bits per heavy atom. The summed E-state index contributed by atoms with van der Waals surface area (Å²) in [5.41, 5.74) is -1.54. The van der Waals surface area contributed by atoms with E-state index in [1.165, 1.54) is 13.8 Å². The van der Waals surface area contributed by atoms with Crippen molar-refractivity contribution in [2.45, 2.75) is 58.7 Å². The summed E-state index contributed by atoms with van der Waals surface area (Å²) in [6, 6.07) is 0. The molecule has 0 aliphatic heterocycles. The maximum atomic E-state index is 13.0. The maximum Gasteiger partial charge on any atom is 0.330 e. The van der Waals surface area contributed by atoms with E-state index in [0.29, 0.717) is 12.8 Å². The fourth-order valence-corrected chi connectivity index (χ4v) is 3.32. The van der Waals surface area contributed by atoms with E-state index < -0.39 is 51.4 Å². The Kier molecular flexibility index (Phi) is 11.4. The Balaban J connectivity index is 5.80. The van der Waals surface area contributed by atoms with Gasteiger partial charge in [-0.15, -0.1) is 0 Å². The van der Waals surface area contributed by atoms with Gasteiger partial charge in [-0.25, -0.2) is 9.59 Å². The predicted octanol–water partition coefficient (Wildman–Crippen LogP) is 2.22. The first-order chi connectivity index (χ1) is 13.4. The van der Waals surface area contributed by atoms with E-state index in [1.807, 2.05) is 6.92 Å². The van der Waals surface area contributed by atoms with Gasteiger partial charge < -0.3 is 14.2 Å². The molecule has 0 saturated heterocycles. The summed E-state index contributed by atoms with van der Waals surface area (Å²) in [7, 11) is -4.20. The van der Waals surface area contributed by atoms with E-state index in [9.17, 15) is 22.8 Å². The number of carbonyl (C=O) groups excluding carboxylic acids is 3. The molecule has 0 heterocycles. The number of esters is 3. The lowest BCUT2D eigenvalue weighted by molar-refractivity contribution is -0.187. The van der Waals surface area contributed by atoms with Gasteiger partial charge >= 0.3 is 17.9 Å². The van der Waals surface area contributed by atoms with Crippen molar-refractivity contribution in [2.24, 2.45) is 5.41 Å². The molecule has 2 atom stereocenters. The highest BCUT2D eigenvalue weighted by Gasteiger charge is 2.52. The van der Waals surface area contributed by atoms with Gasteiger partial charge in [0.05, 0.1) is 12.4 Å². The van der Waals surface area contributed by atoms with Gasteiger partial charge in [-0.05, 0) is 26.7 Å². The minimum Gasteiger partial charge on any atom is -0.465 e. The van der Waals surface area contributed by atoms with Gasteiger partial charge in [0.2, 0.25) is 0 Å². The van der Waals surface area contributed by atoms with E-state index in [-0.39, 0.29) is 19.4 Å². The lowest BCUT2D eigenvalue weighted by Gasteiger charge is -2.40. The molecule has 0 amide bonds. The summed E-state index contributed by atoms with van der Waals surface area (Å²) >= 11 is 0. The molecule has 0 aliphatic carbocycles. The van der Waals surface area contributed by atoms with Crippen LogP contribution in [0.3, 0.4) is 0 Å². The van der Waals surface area contributed by atoms with Crippen molar-refractivity contribution in [3.05, 3.63) is 25.3 Å². The SMILES string of the molecule is C=CC(=O)OC(C)C(CCCC)(C(=O)OCCCS(=O)(=O)O)C(C)OC(=O)C=C. The first kappa shape index (κ1) is 26.8. The Labute approximate surface area is 171 Å². The molecule has 0 aromatic carbocycles. The van der Waals surface area contributed by atoms with Crippen molar-refractivity contribution in [1.82, 2.24) is 0 Å². The molecule has 29 heavy (non-hydrogen) atoms. The van der Waals surface area contributed by atoms with Gasteiger partial charge in [0.15, 0.2) is 0 Å². The predicted molar refractivity (Wildman–Crippen MR) is 105 cm³/mol. The molecule has 0 aromatic heterocycles. The molecule has 0 spiro atoms. The minimum absolute atomic E-state index is 0.129. The lowest BCUT2D eigenvalue weighted by Crippen LogP contribution is -2.53. The average molecular weight is 435 g/mol. The molecule has 0 radical (unpaired) electrons. The summed E-state index contributed by atoms with van der Waals surface area (Å²) in [6.45, 7) is 11.2. The van der Waals surface area contributed by atoms with E-state index >= 15 is 0 Å². The number of unbranched alkanes of at least 4 members (excludes halogenated alkanes) is 1. The van der Waals surface area contributed by atoms with E-state index in [1.54, 1.807) is 0 Å². The first-order valence-corrected chi connectivity index (χ1v) is 10.8. The van der Waals surface area contributed by atoms with E-state index in [0.717, 1.165) is 12.2 Å². The Bertz CT molecular complexity index is 668. The normalized spacial score (nSPS) is 15.3. The van der Waals surface area contributed by atoms with Gasteiger partial charge in [-0.2, -0.15) is 8.42 Å². The summed E-state index contributed by atoms with van der Waals surface area (Å²) < 4.78 is 46.2. The minimum atomic E-state index is -4.20. The fourth-order valence-electron chi connectivity index (χ4n) is 2.84. The average Bonchev–Trinajstić information content (AvgIpc) is 2.64. The van der Waals surface area contributed by atoms with Crippen molar-refractivity contribution in [2.75, 3.05) is 12.4 Å². The number of hydrogen-bond donors (Lipinski definition) is 1. The highest BCUT2D eigenvalue weighted by molar-refractivity contribution is 7.85. The molecular formula is C19H30O9S. The summed E-state index contributed by atoms with van der Waals surface area (Å²) in [5.74, 6) is -2.92.